The maximum atomic E-state index is 12.2. The summed E-state index contributed by atoms with van der Waals surface area (Å²) in [5.41, 5.74) is 0. The molecule has 1 atom stereocenters. The largest absolute Gasteiger partial charge is 0.325 e. The van der Waals surface area contributed by atoms with E-state index in [2.05, 4.69) is 22.0 Å². The highest BCUT2D eigenvalue weighted by Crippen LogP contribution is 2.32. The first-order valence-corrected chi connectivity index (χ1v) is 8.53. The fourth-order valence-corrected chi connectivity index (χ4v) is 4.23. The number of carbonyl (C=O) groups is 1. The number of rotatable bonds is 4. The summed E-state index contributed by atoms with van der Waals surface area (Å²) in [5.74, 6) is 1.75. The molecule has 1 unspecified atom stereocenters. The molecular formula is C16H29N3O. The fourth-order valence-electron chi connectivity index (χ4n) is 4.23. The molecule has 20 heavy (non-hydrogen) atoms. The second-order valence-electron chi connectivity index (χ2n) is 6.79. The van der Waals surface area contributed by atoms with Gasteiger partial charge in [-0.2, -0.15) is 0 Å². The lowest BCUT2D eigenvalue weighted by molar-refractivity contribution is -0.129. The maximum Gasteiger partial charge on any atom is 0.237 e. The van der Waals surface area contributed by atoms with Gasteiger partial charge in [-0.1, -0.05) is 19.8 Å². The molecular weight excluding hydrogens is 250 g/mol. The van der Waals surface area contributed by atoms with Crippen LogP contribution in [-0.4, -0.2) is 54.6 Å². The van der Waals surface area contributed by atoms with Crippen molar-refractivity contribution in [3.05, 3.63) is 0 Å². The van der Waals surface area contributed by atoms with Crippen molar-refractivity contribution in [2.45, 2.75) is 51.6 Å². The Morgan fingerprint density at radius 2 is 1.85 bits per heavy atom. The van der Waals surface area contributed by atoms with Crippen molar-refractivity contribution in [2.24, 2.45) is 11.8 Å². The van der Waals surface area contributed by atoms with Crippen molar-refractivity contribution in [2.75, 3.05) is 32.7 Å². The van der Waals surface area contributed by atoms with E-state index in [1.165, 1.54) is 58.2 Å². The lowest BCUT2D eigenvalue weighted by Gasteiger charge is -2.36. The van der Waals surface area contributed by atoms with Crippen LogP contribution >= 0.6 is 0 Å². The molecule has 0 radical (unpaired) electrons. The van der Waals surface area contributed by atoms with E-state index in [4.69, 9.17) is 0 Å². The van der Waals surface area contributed by atoms with Crippen molar-refractivity contribution >= 4 is 5.91 Å². The molecule has 0 aromatic heterocycles. The molecule has 0 aromatic carbocycles. The molecule has 0 spiro atoms. The van der Waals surface area contributed by atoms with Gasteiger partial charge in [-0.25, -0.2) is 0 Å². The first-order valence-electron chi connectivity index (χ1n) is 8.53. The van der Waals surface area contributed by atoms with Gasteiger partial charge in [0.15, 0.2) is 0 Å². The van der Waals surface area contributed by atoms with Crippen molar-refractivity contribution in [1.82, 2.24) is 15.1 Å². The highest BCUT2D eigenvalue weighted by atomic mass is 16.2. The molecule has 3 rings (SSSR count). The van der Waals surface area contributed by atoms with Gasteiger partial charge in [-0.15, -0.1) is 0 Å². The number of amides is 1. The minimum Gasteiger partial charge on any atom is -0.325 e. The van der Waals surface area contributed by atoms with Crippen LogP contribution in [0.3, 0.4) is 0 Å². The molecule has 1 saturated carbocycles. The molecule has 2 saturated heterocycles. The van der Waals surface area contributed by atoms with Crippen molar-refractivity contribution in [3.8, 4) is 0 Å². The number of likely N-dealkylation sites (tertiary alicyclic amines) is 1. The molecule has 1 N–H and O–H groups in total. The summed E-state index contributed by atoms with van der Waals surface area (Å²) >= 11 is 0. The number of hydrogen-bond acceptors (Lipinski definition) is 3. The van der Waals surface area contributed by atoms with E-state index in [0.717, 1.165) is 6.54 Å². The van der Waals surface area contributed by atoms with E-state index >= 15 is 0 Å². The molecule has 2 aliphatic heterocycles. The Bertz CT molecular complexity index is 333. The summed E-state index contributed by atoms with van der Waals surface area (Å²) in [6.45, 7) is 7.39. The highest BCUT2D eigenvalue weighted by molar-refractivity contribution is 5.80. The Morgan fingerprint density at radius 3 is 2.50 bits per heavy atom. The summed E-state index contributed by atoms with van der Waals surface area (Å²) in [7, 11) is 0. The van der Waals surface area contributed by atoms with E-state index in [1.54, 1.807) is 0 Å². The highest BCUT2D eigenvalue weighted by Gasteiger charge is 2.38. The lowest BCUT2D eigenvalue weighted by Crippen LogP contribution is -2.46. The summed E-state index contributed by atoms with van der Waals surface area (Å²) in [5, 5.41) is 3.47. The maximum absolute atomic E-state index is 12.2. The zero-order valence-electron chi connectivity index (χ0n) is 12.8. The van der Waals surface area contributed by atoms with Gasteiger partial charge in [0.25, 0.3) is 0 Å². The van der Waals surface area contributed by atoms with Gasteiger partial charge in [-0.3, -0.25) is 10.1 Å². The molecule has 4 nitrogen and oxygen atoms in total. The standard InChI is InChI=1S/C16H29N3O/c1-2-18-9-7-13(8-10-18)12-19-15(20)11-17-16(19)14-5-3-4-6-14/h13-14,16-17H,2-12H2,1H3. The molecule has 114 valence electrons. The van der Waals surface area contributed by atoms with Crippen LogP contribution in [-0.2, 0) is 4.79 Å². The zero-order chi connectivity index (χ0) is 13.9. The second kappa shape index (κ2) is 6.44. The summed E-state index contributed by atoms with van der Waals surface area (Å²) in [6, 6.07) is 0. The lowest BCUT2D eigenvalue weighted by atomic mass is 9.95. The molecule has 0 aromatic rings. The smallest absolute Gasteiger partial charge is 0.237 e. The van der Waals surface area contributed by atoms with E-state index < -0.39 is 0 Å². The van der Waals surface area contributed by atoms with Gasteiger partial charge in [0.05, 0.1) is 12.7 Å². The summed E-state index contributed by atoms with van der Waals surface area (Å²) < 4.78 is 0. The fraction of sp³-hybridized carbons (Fsp3) is 0.938. The first kappa shape index (κ1) is 14.3. The number of hydrogen-bond donors (Lipinski definition) is 1. The topological polar surface area (TPSA) is 35.6 Å². The average molecular weight is 279 g/mol. The van der Waals surface area contributed by atoms with E-state index in [9.17, 15) is 4.79 Å². The van der Waals surface area contributed by atoms with Crippen LogP contribution in [0, 0.1) is 11.8 Å². The normalized spacial score (nSPS) is 30.6. The van der Waals surface area contributed by atoms with Crippen LogP contribution in [0.15, 0.2) is 0 Å². The van der Waals surface area contributed by atoms with Crippen LogP contribution < -0.4 is 5.32 Å². The SMILES string of the molecule is CCN1CCC(CN2C(=O)CNC2C2CCCC2)CC1. The van der Waals surface area contributed by atoms with Gasteiger partial charge in [0, 0.05) is 6.54 Å². The average Bonchev–Trinajstić information content (AvgIpc) is 3.11. The number of carbonyl (C=O) groups excluding carboxylic acids is 1. The molecule has 1 aliphatic carbocycles. The van der Waals surface area contributed by atoms with E-state index in [0.29, 0.717) is 30.5 Å². The minimum absolute atomic E-state index is 0.333. The Balaban J connectivity index is 1.55. The van der Waals surface area contributed by atoms with Gasteiger partial charge >= 0.3 is 0 Å². The second-order valence-corrected chi connectivity index (χ2v) is 6.79. The van der Waals surface area contributed by atoms with Crippen LogP contribution in [0.2, 0.25) is 0 Å². The molecule has 1 amide bonds. The Labute approximate surface area is 122 Å². The monoisotopic (exact) mass is 279 g/mol. The Kier molecular flexibility index (Phi) is 4.61. The van der Waals surface area contributed by atoms with Crippen LogP contribution in [0.4, 0.5) is 0 Å². The molecule has 0 bridgehead atoms. The number of nitrogens with zero attached hydrogens (tertiary/aromatic N) is 2. The predicted octanol–water partition coefficient (Wildman–Crippen LogP) is 1.67. The molecule has 3 fully saturated rings. The van der Waals surface area contributed by atoms with Crippen molar-refractivity contribution in [1.29, 1.82) is 0 Å². The number of piperidine rings is 1. The number of nitrogens with one attached hydrogen (secondary N) is 1. The molecule has 4 heteroatoms. The van der Waals surface area contributed by atoms with Gasteiger partial charge in [0.2, 0.25) is 5.91 Å². The zero-order valence-corrected chi connectivity index (χ0v) is 12.8. The Morgan fingerprint density at radius 1 is 1.15 bits per heavy atom. The molecule has 2 heterocycles. The quantitative estimate of drug-likeness (QED) is 0.850. The Hall–Kier alpha value is -0.610. The third kappa shape index (κ3) is 3.01. The van der Waals surface area contributed by atoms with Crippen LogP contribution in [0.25, 0.3) is 0 Å². The van der Waals surface area contributed by atoms with E-state index in [1.807, 2.05) is 0 Å². The third-order valence-corrected chi connectivity index (χ3v) is 5.57. The van der Waals surface area contributed by atoms with Crippen molar-refractivity contribution in [3.63, 3.8) is 0 Å². The first-order chi connectivity index (χ1) is 9.78. The van der Waals surface area contributed by atoms with Crippen LogP contribution in [0.5, 0.6) is 0 Å². The van der Waals surface area contributed by atoms with E-state index in [-0.39, 0.29) is 0 Å². The predicted molar refractivity (Wildman–Crippen MR) is 80.3 cm³/mol. The summed E-state index contributed by atoms with van der Waals surface area (Å²) in [6.07, 6.45) is 8.16. The molecule has 3 aliphatic rings. The third-order valence-electron chi connectivity index (χ3n) is 5.57. The van der Waals surface area contributed by atoms with Gasteiger partial charge in [0.1, 0.15) is 0 Å². The van der Waals surface area contributed by atoms with Gasteiger partial charge in [-0.05, 0) is 57.2 Å². The minimum atomic E-state index is 0.333. The summed E-state index contributed by atoms with van der Waals surface area (Å²) in [4.78, 5) is 16.9. The van der Waals surface area contributed by atoms with Crippen LogP contribution in [0.1, 0.15) is 45.4 Å². The van der Waals surface area contributed by atoms with Gasteiger partial charge < -0.3 is 9.80 Å². The van der Waals surface area contributed by atoms with Crippen molar-refractivity contribution < 1.29 is 4.79 Å².